The van der Waals surface area contributed by atoms with Crippen LogP contribution in [0, 0.1) is 5.92 Å². The normalized spacial score (nSPS) is 11.6. The molecule has 0 heterocycles. The minimum atomic E-state index is -3.20. The van der Waals surface area contributed by atoms with Crippen molar-refractivity contribution in [3.63, 3.8) is 0 Å². The predicted molar refractivity (Wildman–Crippen MR) is 87.2 cm³/mol. The molecule has 0 aliphatic rings. The Balaban J connectivity index is 2.53. The van der Waals surface area contributed by atoms with Crippen LogP contribution >= 0.6 is 11.6 Å². The first-order valence-electron chi connectivity index (χ1n) is 6.75. The van der Waals surface area contributed by atoms with E-state index in [0.29, 0.717) is 28.7 Å². The third kappa shape index (κ3) is 6.82. The third-order valence-electron chi connectivity index (χ3n) is 2.94. The average molecular weight is 333 g/mol. The van der Waals surface area contributed by atoms with Gasteiger partial charge < -0.3 is 11.1 Å². The summed E-state index contributed by atoms with van der Waals surface area (Å²) >= 11 is 5.82. The molecule has 118 valence electrons. The van der Waals surface area contributed by atoms with Gasteiger partial charge in [-0.15, -0.1) is 0 Å². The van der Waals surface area contributed by atoms with Gasteiger partial charge >= 0.3 is 0 Å². The lowest BCUT2D eigenvalue weighted by atomic mass is 10.2. The summed E-state index contributed by atoms with van der Waals surface area (Å²) < 4.78 is 23.6. The second-order valence-electron chi connectivity index (χ2n) is 5.36. The Hall–Kier alpha value is -1.27. The number of nitrogen functional groups attached to an aromatic ring is 1. The highest BCUT2D eigenvalue weighted by Gasteiger charge is 2.15. The average Bonchev–Trinajstić information content (AvgIpc) is 2.39. The predicted octanol–water partition coefficient (Wildman–Crippen LogP) is 2.71. The zero-order valence-electron chi connectivity index (χ0n) is 12.2. The lowest BCUT2D eigenvalue weighted by Gasteiger charge is -2.09. The van der Waals surface area contributed by atoms with Crippen molar-refractivity contribution in [2.75, 3.05) is 22.6 Å². The number of nitrogens with one attached hydrogen (secondary N) is 1. The molecule has 0 saturated carbocycles. The summed E-state index contributed by atoms with van der Waals surface area (Å²) in [5.41, 5.74) is 6.49. The molecule has 21 heavy (non-hydrogen) atoms. The molecule has 0 fully saturated rings. The standard InChI is InChI=1S/C14H21ClN2O3S/c1-10(2)5-7-21(19,20)8-6-14(18)17-13-9-11(15)3-4-12(13)16/h3-4,9-10H,5-8,16H2,1-2H3,(H,17,18). The molecule has 1 aromatic carbocycles. The van der Waals surface area contributed by atoms with E-state index in [2.05, 4.69) is 5.32 Å². The van der Waals surface area contributed by atoms with Crippen molar-refractivity contribution in [3.05, 3.63) is 23.2 Å². The number of hydrogen-bond acceptors (Lipinski definition) is 4. The zero-order valence-corrected chi connectivity index (χ0v) is 13.8. The van der Waals surface area contributed by atoms with Crippen molar-refractivity contribution in [1.29, 1.82) is 0 Å². The van der Waals surface area contributed by atoms with Crippen molar-refractivity contribution in [2.24, 2.45) is 5.92 Å². The first kappa shape index (κ1) is 17.8. The molecule has 0 unspecified atom stereocenters. The topological polar surface area (TPSA) is 89.3 Å². The van der Waals surface area contributed by atoms with Crippen LogP contribution < -0.4 is 11.1 Å². The number of benzene rings is 1. The number of anilines is 2. The van der Waals surface area contributed by atoms with Crippen LogP contribution in [-0.4, -0.2) is 25.8 Å². The molecule has 5 nitrogen and oxygen atoms in total. The highest BCUT2D eigenvalue weighted by atomic mass is 35.5. The van der Waals surface area contributed by atoms with Gasteiger partial charge in [0.25, 0.3) is 0 Å². The second kappa shape index (κ2) is 7.66. The van der Waals surface area contributed by atoms with Gasteiger partial charge in [0.2, 0.25) is 5.91 Å². The summed E-state index contributed by atoms with van der Waals surface area (Å²) in [5.74, 6) is -0.125. The first-order valence-corrected chi connectivity index (χ1v) is 8.95. The smallest absolute Gasteiger partial charge is 0.225 e. The van der Waals surface area contributed by atoms with E-state index in [9.17, 15) is 13.2 Å². The maximum atomic E-state index is 11.8. The van der Waals surface area contributed by atoms with Gasteiger partial charge in [0.1, 0.15) is 0 Å². The molecular formula is C14H21ClN2O3S. The Labute approximate surface area is 130 Å². The van der Waals surface area contributed by atoms with Gasteiger partial charge in [0.05, 0.1) is 22.9 Å². The van der Waals surface area contributed by atoms with Crippen molar-refractivity contribution >= 4 is 38.7 Å². The van der Waals surface area contributed by atoms with E-state index >= 15 is 0 Å². The Morgan fingerprint density at radius 1 is 1.33 bits per heavy atom. The number of halogens is 1. The van der Waals surface area contributed by atoms with Crippen LogP contribution in [0.25, 0.3) is 0 Å². The molecule has 0 aliphatic heterocycles. The highest BCUT2D eigenvalue weighted by Crippen LogP contribution is 2.23. The number of amides is 1. The quantitative estimate of drug-likeness (QED) is 0.751. The van der Waals surface area contributed by atoms with Gasteiger partial charge in [0, 0.05) is 11.4 Å². The van der Waals surface area contributed by atoms with Crippen LogP contribution in [-0.2, 0) is 14.6 Å². The fraction of sp³-hybridized carbons (Fsp3) is 0.500. The number of sulfone groups is 1. The molecule has 7 heteroatoms. The van der Waals surface area contributed by atoms with Crippen molar-refractivity contribution < 1.29 is 13.2 Å². The molecular weight excluding hydrogens is 312 g/mol. The van der Waals surface area contributed by atoms with Gasteiger partial charge in [-0.1, -0.05) is 25.4 Å². The second-order valence-corrected chi connectivity index (χ2v) is 8.10. The molecule has 3 N–H and O–H groups in total. The van der Waals surface area contributed by atoms with Crippen molar-refractivity contribution in [1.82, 2.24) is 0 Å². The van der Waals surface area contributed by atoms with Crippen LogP contribution in [0.2, 0.25) is 5.02 Å². The van der Waals surface area contributed by atoms with Gasteiger partial charge in [-0.3, -0.25) is 4.79 Å². The van der Waals surface area contributed by atoms with Crippen LogP contribution in [0.3, 0.4) is 0 Å². The number of carbonyl (C=O) groups is 1. The van der Waals surface area contributed by atoms with Crippen molar-refractivity contribution in [3.8, 4) is 0 Å². The summed E-state index contributed by atoms with van der Waals surface area (Å²) in [6.07, 6.45) is 0.511. The number of nitrogens with two attached hydrogens (primary N) is 1. The molecule has 1 rings (SSSR count). The molecule has 0 bridgehead atoms. The van der Waals surface area contributed by atoms with Gasteiger partial charge in [-0.2, -0.15) is 0 Å². The number of hydrogen-bond donors (Lipinski definition) is 2. The maximum Gasteiger partial charge on any atom is 0.225 e. The van der Waals surface area contributed by atoms with E-state index in [1.165, 1.54) is 6.07 Å². The van der Waals surface area contributed by atoms with Crippen LogP contribution in [0.4, 0.5) is 11.4 Å². The molecule has 0 aromatic heterocycles. The highest BCUT2D eigenvalue weighted by molar-refractivity contribution is 7.91. The Morgan fingerprint density at radius 2 is 2.00 bits per heavy atom. The summed E-state index contributed by atoms with van der Waals surface area (Å²) in [4.78, 5) is 11.8. The van der Waals surface area contributed by atoms with E-state index in [4.69, 9.17) is 17.3 Å². The van der Waals surface area contributed by atoms with Gasteiger partial charge in [-0.25, -0.2) is 8.42 Å². The summed E-state index contributed by atoms with van der Waals surface area (Å²) in [6, 6.07) is 4.72. The molecule has 0 aliphatic carbocycles. The summed E-state index contributed by atoms with van der Waals surface area (Å²) in [6.45, 7) is 3.92. The van der Waals surface area contributed by atoms with E-state index in [1.54, 1.807) is 12.1 Å². The molecule has 1 aromatic rings. The minimum absolute atomic E-state index is 0.0909. The molecule has 1 amide bonds. The monoisotopic (exact) mass is 332 g/mol. The maximum absolute atomic E-state index is 11.8. The fourth-order valence-electron chi connectivity index (χ4n) is 1.61. The Bertz CT molecular complexity index is 600. The largest absolute Gasteiger partial charge is 0.397 e. The number of rotatable bonds is 7. The minimum Gasteiger partial charge on any atom is -0.397 e. The van der Waals surface area contributed by atoms with Gasteiger partial charge in [-0.05, 0) is 30.5 Å². The zero-order chi connectivity index (χ0) is 16.0. The van der Waals surface area contributed by atoms with E-state index in [0.717, 1.165) is 0 Å². The summed E-state index contributed by atoms with van der Waals surface area (Å²) in [7, 11) is -3.20. The Morgan fingerprint density at radius 3 is 2.62 bits per heavy atom. The summed E-state index contributed by atoms with van der Waals surface area (Å²) in [5, 5.41) is 3.02. The van der Waals surface area contributed by atoms with E-state index in [1.807, 2.05) is 13.8 Å². The van der Waals surface area contributed by atoms with E-state index < -0.39 is 15.7 Å². The lowest BCUT2D eigenvalue weighted by molar-refractivity contribution is -0.115. The SMILES string of the molecule is CC(C)CCS(=O)(=O)CCC(=O)Nc1cc(Cl)ccc1N. The van der Waals surface area contributed by atoms with E-state index in [-0.39, 0.29) is 17.9 Å². The van der Waals surface area contributed by atoms with Gasteiger partial charge in [0.15, 0.2) is 9.84 Å². The van der Waals surface area contributed by atoms with Crippen LogP contribution in [0.15, 0.2) is 18.2 Å². The fourth-order valence-corrected chi connectivity index (χ4v) is 3.32. The molecule has 0 saturated heterocycles. The lowest BCUT2D eigenvalue weighted by Crippen LogP contribution is -2.20. The molecule has 0 spiro atoms. The van der Waals surface area contributed by atoms with Crippen LogP contribution in [0.5, 0.6) is 0 Å². The van der Waals surface area contributed by atoms with Crippen molar-refractivity contribution in [2.45, 2.75) is 26.7 Å². The third-order valence-corrected chi connectivity index (χ3v) is 4.85. The molecule has 0 radical (unpaired) electrons. The Kier molecular flexibility index (Phi) is 6.48. The number of carbonyl (C=O) groups excluding carboxylic acids is 1. The first-order chi connectivity index (χ1) is 9.69. The van der Waals surface area contributed by atoms with Crippen LogP contribution in [0.1, 0.15) is 26.7 Å². The molecule has 0 atom stereocenters.